The quantitative estimate of drug-likeness (QED) is 0.811. The van der Waals surface area contributed by atoms with Crippen LogP contribution in [0.5, 0.6) is 0 Å². The first-order valence-corrected chi connectivity index (χ1v) is 5.72. The summed E-state index contributed by atoms with van der Waals surface area (Å²) in [5.74, 6) is -0.933. The minimum Gasteiger partial charge on any atom is -0.478 e. The molecule has 0 radical (unpaired) electrons. The van der Waals surface area contributed by atoms with Crippen LogP contribution in [-0.4, -0.2) is 35.1 Å². The van der Waals surface area contributed by atoms with E-state index in [0.717, 1.165) is 29.1 Å². The number of fused-ring (bicyclic) bond motifs is 1. The number of nitrogens with zero attached hydrogens (tertiary/aromatic N) is 1. The van der Waals surface area contributed by atoms with Gasteiger partial charge in [0.25, 0.3) is 0 Å². The molecule has 0 atom stereocenters. The monoisotopic (exact) mass is 244 g/mol. The van der Waals surface area contributed by atoms with Gasteiger partial charge >= 0.3 is 5.97 Å². The van der Waals surface area contributed by atoms with Crippen LogP contribution in [0.1, 0.15) is 11.1 Å². The van der Waals surface area contributed by atoms with Crippen LogP contribution in [0.2, 0.25) is 0 Å². The lowest BCUT2D eigenvalue weighted by atomic mass is 10.1. The molecule has 18 heavy (non-hydrogen) atoms. The van der Waals surface area contributed by atoms with Crippen molar-refractivity contribution in [2.45, 2.75) is 6.54 Å². The Morgan fingerprint density at radius 3 is 2.89 bits per heavy atom. The number of carbonyl (C=O) groups is 1. The highest BCUT2D eigenvalue weighted by Crippen LogP contribution is 2.21. The summed E-state index contributed by atoms with van der Waals surface area (Å²) in [5, 5.41) is 9.76. The standard InChI is InChI=1S/C14H16N2O2/c1-16(2)9-11-8-15-13-5-3-10(7-12(11)13)4-6-14(17)18/h3-8,15H,9H2,1-2H3,(H,17,18). The molecule has 0 spiro atoms. The van der Waals surface area contributed by atoms with Crippen molar-refractivity contribution < 1.29 is 9.90 Å². The number of aromatic amines is 1. The number of hydrogen-bond donors (Lipinski definition) is 2. The summed E-state index contributed by atoms with van der Waals surface area (Å²) in [4.78, 5) is 15.8. The molecule has 4 heteroatoms. The largest absolute Gasteiger partial charge is 0.478 e. The number of benzene rings is 1. The lowest BCUT2D eigenvalue weighted by Gasteiger charge is -2.08. The van der Waals surface area contributed by atoms with Crippen molar-refractivity contribution in [3.63, 3.8) is 0 Å². The second-order valence-electron chi connectivity index (χ2n) is 4.53. The summed E-state index contributed by atoms with van der Waals surface area (Å²) in [6.45, 7) is 0.853. The number of aliphatic carboxylic acids is 1. The Kier molecular flexibility index (Phi) is 3.48. The number of nitrogens with one attached hydrogen (secondary N) is 1. The molecule has 0 aliphatic carbocycles. The van der Waals surface area contributed by atoms with Gasteiger partial charge < -0.3 is 15.0 Å². The summed E-state index contributed by atoms with van der Waals surface area (Å²) in [6, 6.07) is 5.87. The van der Waals surface area contributed by atoms with Crippen LogP contribution in [0.4, 0.5) is 0 Å². The summed E-state index contributed by atoms with van der Waals surface area (Å²) in [7, 11) is 4.04. The summed E-state index contributed by atoms with van der Waals surface area (Å²) >= 11 is 0. The lowest BCUT2D eigenvalue weighted by Crippen LogP contribution is -2.10. The topological polar surface area (TPSA) is 56.3 Å². The molecule has 1 aromatic heterocycles. The summed E-state index contributed by atoms with van der Waals surface area (Å²) in [6.07, 6.45) is 4.75. The first-order valence-electron chi connectivity index (χ1n) is 5.72. The second-order valence-corrected chi connectivity index (χ2v) is 4.53. The third kappa shape index (κ3) is 2.78. The molecule has 2 rings (SSSR count). The highest BCUT2D eigenvalue weighted by Gasteiger charge is 2.04. The van der Waals surface area contributed by atoms with Crippen LogP contribution in [0.25, 0.3) is 17.0 Å². The molecule has 0 bridgehead atoms. The van der Waals surface area contributed by atoms with E-state index in [2.05, 4.69) is 9.88 Å². The minimum atomic E-state index is -0.933. The van der Waals surface area contributed by atoms with Crippen molar-refractivity contribution in [2.24, 2.45) is 0 Å². The van der Waals surface area contributed by atoms with Crippen molar-refractivity contribution in [3.8, 4) is 0 Å². The van der Waals surface area contributed by atoms with Crippen LogP contribution in [-0.2, 0) is 11.3 Å². The maximum Gasteiger partial charge on any atom is 0.328 e. The summed E-state index contributed by atoms with van der Waals surface area (Å²) < 4.78 is 0. The minimum absolute atomic E-state index is 0.853. The van der Waals surface area contributed by atoms with Gasteiger partial charge in [-0.25, -0.2) is 4.79 Å². The molecule has 0 aliphatic rings. The van der Waals surface area contributed by atoms with Crippen LogP contribution >= 0.6 is 0 Å². The smallest absolute Gasteiger partial charge is 0.328 e. The van der Waals surface area contributed by atoms with Gasteiger partial charge in [-0.2, -0.15) is 0 Å². The van der Waals surface area contributed by atoms with Crippen LogP contribution in [0.3, 0.4) is 0 Å². The highest BCUT2D eigenvalue weighted by atomic mass is 16.4. The Balaban J connectivity index is 2.39. The maximum atomic E-state index is 10.5. The number of aromatic nitrogens is 1. The zero-order valence-electron chi connectivity index (χ0n) is 10.5. The summed E-state index contributed by atoms with van der Waals surface area (Å²) in [5.41, 5.74) is 3.17. The number of carboxylic acids is 1. The van der Waals surface area contributed by atoms with Gasteiger partial charge in [-0.05, 0) is 43.4 Å². The van der Waals surface area contributed by atoms with Crippen molar-refractivity contribution in [1.29, 1.82) is 0 Å². The van der Waals surface area contributed by atoms with Crippen molar-refractivity contribution in [2.75, 3.05) is 14.1 Å². The van der Waals surface area contributed by atoms with Gasteiger partial charge in [-0.3, -0.25) is 0 Å². The fraction of sp³-hybridized carbons (Fsp3) is 0.214. The van der Waals surface area contributed by atoms with Gasteiger partial charge in [0.1, 0.15) is 0 Å². The van der Waals surface area contributed by atoms with E-state index in [-0.39, 0.29) is 0 Å². The molecule has 94 valence electrons. The average Bonchev–Trinajstić information content (AvgIpc) is 2.68. The molecular weight excluding hydrogens is 228 g/mol. The molecule has 1 heterocycles. The predicted molar refractivity (Wildman–Crippen MR) is 72.4 cm³/mol. The third-order valence-electron chi connectivity index (χ3n) is 2.70. The number of hydrogen-bond acceptors (Lipinski definition) is 2. The molecule has 2 N–H and O–H groups in total. The Bertz CT molecular complexity index is 597. The van der Waals surface area contributed by atoms with E-state index in [9.17, 15) is 4.79 Å². The van der Waals surface area contributed by atoms with Gasteiger partial charge in [-0.1, -0.05) is 6.07 Å². The Labute approximate surface area is 106 Å². The van der Waals surface area contributed by atoms with E-state index in [1.807, 2.05) is 38.5 Å². The van der Waals surface area contributed by atoms with E-state index in [1.54, 1.807) is 6.08 Å². The van der Waals surface area contributed by atoms with Gasteiger partial charge in [0.05, 0.1) is 0 Å². The molecule has 0 aliphatic heterocycles. The van der Waals surface area contributed by atoms with Crippen LogP contribution in [0.15, 0.2) is 30.5 Å². The van der Waals surface area contributed by atoms with E-state index in [0.29, 0.717) is 0 Å². The molecule has 0 saturated carbocycles. The van der Waals surface area contributed by atoms with Crippen LogP contribution in [0, 0.1) is 0 Å². The van der Waals surface area contributed by atoms with Crippen molar-refractivity contribution in [3.05, 3.63) is 41.6 Å². The van der Waals surface area contributed by atoms with Crippen molar-refractivity contribution in [1.82, 2.24) is 9.88 Å². The Hall–Kier alpha value is -2.07. The molecule has 0 saturated heterocycles. The van der Waals surface area contributed by atoms with Gasteiger partial charge in [0.2, 0.25) is 0 Å². The average molecular weight is 244 g/mol. The molecule has 0 fully saturated rings. The van der Waals surface area contributed by atoms with Gasteiger partial charge in [0.15, 0.2) is 0 Å². The molecule has 2 aromatic rings. The number of rotatable bonds is 4. The zero-order chi connectivity index (χ0) is 13.1. The molecule has 0 amide bonds. The maximum absolute atomic E-state index is 10.5. The molecule has 4 nitrogen and oxygen atoms in total. The Morgan fingerprint density at radius 1 is 1.44 bits per heavy atom. The Morgan fingerprint density at radius 2 is 2.22 bits per heavy atom. The van der Waals surface area contributed by atoms with Crippen LogP contribution < -0.4 is 0 Å². The third-order valence-corrected chi connectivity index (χ3v) is 2.70. The molecule has 0 unspecified atom stereocenters. The zero-order valence-corrected chi connectivity index (χ0v) is 10.5. The van der Waals surface area contributed by atoms with E-state index in [4.69, 9.17) is 5.11 Å². The van der Waals surface area contributed by atoms with Crippen molar-refractivity contribution >= 4 is 22.9 Å². The van der Waals surface area contributed by atoms with E-state index < -0.39 is 5.97 Å². The number of carboxylic acid groups (broad SMARTS) is 1. The lowest BCUT2D eigenvalue weighted by molar-refractivity contribution is -0.131. The van der Waals surface area contributed by atoms with E-state index in [1.165, 1.54) is 5.56 Å². The van der Waals surface area contributed by atoms with Gasteiger partial charge in [-0.15, -0.1) is 0 Å². The first kappa shape index (κ1) is 12.4. The normalized spacial score (nSPS) is 11.7. The molecular formula is C14H16N2O2. The first-order chi connectivity index (χ1) is 8.56. The highest BCUT2D eigenvalue weighted by molar-refractivity contribution is 5.89. The fourth-order valence-corrected chi connectivity index (χ4v) is 1.94. The number of H-pyrrole nitrogens is 1. The SMILES string of the molecule is CN(C)Cc1c[nH]c2ccc(C=CC(=O)O)cc12. The second kappa shape index (κ2) is 5.06. The van der Waals surface area contributed by atoms with E-state index >= 15 is 0 Å². The fourth-order valence-electron chi connectivity index (χ4n) is 1.94. The predicted octanol–water partition coefficient (Wildman–Crippen LogP) is 2.33. The van der Waals surface area contributed by atoms with Gasteiger partial charge in [0, 0.05) is 29.7 Å². The molecule has 1 aromatic carbocycles.